The molecule has 3 rings (SSSR count). The molecular weight excluding hydrogens is 308 g/mol. The lowest BCUT2D eigenvalue weighted by molar-refractivity contribution is 0.0443. The highest BCUT2D eigenvalue weighted by atomic mass is 16.5. The summed E-state index contributed by atoms with van der Waals surface area (Å²) in [5.74, 6) is 1.30. The number of aromatic nitrogens is 4. The second-order valence-electron chi connectivity index (χ2n) is 5.54. The lowest BCUT2D eigenvalue weighted by Crippen LogP contribution is -2.45. The van der Waals surface area contributed by atoms with Gasteiger partial charge in [0.25, 0.3) is 5.91 Å². The second kappa shape index (κ2) is 7.31. The summed E-state index contributed by atoms with van der Waals surface area (Å²) in [5, 5.41) is 3.20. The van der Waals surface area contributed by atoms with E-state index >= 15 is 0 Å². The Kier molecular flexibility index (Phi) is 4.95. The van der Waals surface area contributed by atoms with Crippen LogP contribution >= 0.6 is 0 Å². The molecule has 1 N–H and O–H groups in total. The largest absolute Gasteiger partial charge is 0.383 e. The van der Waals surface area contributed by atoms with Crippen LogP contribution in [-0.2, 0) is 4.74 Å². The monoisotopic (exact) mass is 328 g/mol. The summed E-state index contributed by atoms with van der Waals surface area (Å²) in [7, 11) is 1.66. The number of rotatable bonds is 6. The van der Waals surface area contributed by atoms with E-state index in [0.29, 0.717) is 31.2 Å². The minimum atomic E-state index is -0.121. The highest BCUT2D eigenvalue weighted by Gasteiger charge is 2.35. The normalized spacial score (nSPS) is 16.6. The van der Waals surface area contributed by atoms with Crippen LogP contribution in [0, 0.1) is 6.92 Å². The minimum Gasteiger partial charge on any atom is -0.383 e. The van der Waals surface area contributed by atoms with E-state index in [4.69, 9.17) is 4.74 Å². The quantitative estimate of drug-likeness (QED) is 0.797. The number of nitrogens with one attached hydrogen (secondary N) is 1. The van der Waals surface area contributed by atoms with Crippen LogP contribution in [0.1, 0.15) is 34.5 Å². The maximum atomic E-state index is 12.5. The van der Waals surface area contributed by atoms with Gasteiger partial charge in [-0.2, -0.15) is 0 Å². The van der Waals surface area contributed by atoms with Crippen LogP contribution in [-0.4, -0.2) is 57.5 Å². The van der Waals surface area contributed by atoms with Gasteiger partial charge in [0.1, 0.15) is 17.3 Å². The predicted octanol–water partition coefficient (Wildman–Crippen LogP) is 1.22. The maximum absolute atomic E-state index is 12.5. The lowest BCUT2D eigenvalue weighted by Gasteiger charge is -2.40. The fourth-order valence-corrected chi connectivity index (χ4v) is 2.63. The molecule has 3 heterocycles. The van der Waals surface area contributed by atoms with Crippen LogP contribution in [0.3, 0.4) is 0 Å². The van der Waals surface area contributed by atoms with Crippen molar-refractivity contribution < 1.29 is 9.53 Å². The van der Waals surface area contributed by atoms with Gasteiger partial charge in [-0.1, -0.05) is 0 Å². The first-order chi connectivity index (χ1) is 11.7. The van der Waals surface area contributed by atoms with Gasteiger partial charge in [-0.15, -0.1) is 0 Å². The summed E-state index contributed by atoms with van der Waals surface area (Å²) in [4.78, 5) is 31.2. The van der Waals surface area contributed by atoms with Crippen molar-refractivity contribution in [1.82, 2.24) is 24.8 Å². The fourth-order valence-electron chi connectivity index (χ4n) is 2.63. The van der Waals surface area contributed by atoms with E-state index in [0.717, 1.165) is 17.9 Å². The molecule has 1 atom stereocenters. The molecule has 24 heavy (non-hydrogen) atoms. The van der Waals surface area contributed by atoms with Crippen LogP contribution in [0.4, 0.5) is 5.82 Å². The first-order valence-electron chi connectivity index (χ1n) is 7.84. The third-order valence-corrected chi connectivity index (χ3v) is 3.87. The molecule has 8 nitrogen and oxygen atoms in total. The zero-order chi connectivity index (χ0) is 16.9. The van der Waals surface area contributed by atoms with Crippen molar-refractivity contribution in [3.63, 3.8) is 0 Å². The molecule has 0 aromatic carbocycles. The summed E-state index contributed by atoms with van der Waals surface area (Å²) < 4.78 is 5.03. The molecule has 126 valence electrons. The predicted molar refractivity (Wildman–Crippen MR) is 87.6 cm³/mol. The highest BCUT2D eigenvalue weighted by molar-refractivity contribution is 5.92. The van der Waals surface area contributed by atoms with Crippen molar-refractivity contribution in [3.8, 4) is 0 Å². The molecule has 1 aliphatic heterocycles. The molecule has 1 fully saturated rings. The Bertz CT molecular complexity index is 709. The molecule has 2 aromatic rings. The molecule has 0 radical (unpaired) electrons. The van der Waals surface area contributed by atoms with Gasteiger partial charge in [0.2, 0.25) is 0 Å². The molecular formula is C16H20N6O2. The number of ether oxygens (including phenoxy) is 1. The number of nitrogens with zero attached hydrogens (tertiary/aromatic N) is 5. The second-order valence-corrected chi connectivity index (χ2v) is 5.54. The standard InChI is InChI=1S/C16H20N6O2/c1-11-20-12(9-15(21-11)19-6-8-24-2)14-3-7-22(14)16(23)13-10-17-4-5-18-13/h4-5,9-10,14H,3,6-8H2,1-2H3,(H,19,20,21). The van der Waals surface area contributed by atoms with E-state index in [1.165, 1.54) is 12.4 Å². The summed E-state index contributed by atoms with van der Waals surface area (Å²) >= 11 is 0. The number of hydrogen-bond donors (Lipinski definition) is 1. The number of carbonyl (C=O) groups is 1. The number of methoxy groups -OCH3 is 1. The van der Waals surface area contributed by atoms with Gasteiger partial charge in [-0.3, -0.25) is 9.78 Å². The Morgan fingerprint density at radius 1 is 1.42 bits per heavy atom. The van der Waals surface area contributed by atoms with Crippen LogP contribution < -0.4 is 5.32 Å². The first kappa shape index (κ1) is 16.3. The third kappa shape index (κ3) is 3.48. The molecule has 8 heteroatoms. The van der Waals surface area contributed by atoms with Gasteiger partial charge in [0.15, 0.2) is 0 Å². The van der Waals surface area contributed by atoms with E-state index in [-0.39, 0.29) is 11.9 Å². The van der Waals surface area contributed by atoms with E-state index in [9.17, 15) is 4.79 Å². The molecule has 1 saturated heterocycles. The van der Waals surface area contributed by atoms with Gasteiger partial charge in [0, 0.05) is 38.7 Å². The van der Waals surface area contributed by atoms with E-state index in [2.05, 4.69) is 25.3 Å². The number of likely N-dealkylation sites (tertiary alicyclic amines) is 1. The number of amides is 1. The van der Waals surface area contributed by atoms with Gasteiger partial charge in [-0.25, -0.2) is 15.0 Å². The SMILES string of the molecule is COCCNc1cc(C2CCN2C(=O)c2cnccn2)nc(C)n1. The van der Waals surface area contributed by atoms with Gasteiger partial charge < -0.3 is 15.0 Å². The van der Waals surface area contributed by atoms with Crippen molar-refractivity contribution in [2.24, 2.45) is 0 Å². The van der Waals surface area contributed by atoms with Gasteiger partial charge in [-0.05, 0) is 13.3 Å². The van der Waals surface area contributed by atoms with Crippen LogP contribution in [0.5, 0.6) is 0 Å². The Hall–Kier alpha value is -2.61. The highest BCUT2D eigenvalue weighted by Crippen LogP contribution is 2.33. The van der Waals surface area contributed by atoms with Crippen molar-refractivity contribution in [2.75, 3.05) is 32.1 Å². The van der Waals surface area contributed by atoms with Crippen LogP contribution in [0.2, 0.25) is 0 Å². The molecule has 0 bridgehead atoms. The Morgan fingerprint density at radius 3 is 2.96 bits per heavy atom. The molecule has 1 amide bonds. The van der Waals surface area contributed by atoms with E-state index < -0.39 is 0 Å². The third-order valence-electron chi connectivity index (χ3n) is 3.87. The van der Waals surface area contributed by atoms with Gasteiger partial charge in [0.05, 0.1) is 24.5 Å². The van der Waals surface area contributed by atoms with E-state index in [1.54, 1.807) is 18.2 Å². The Balaban J connectivity index is 1.75. The van der Waals surface area contributed by atoms with Crippen molar-refractivity contribution in [1.29, 1.82) is 0 Å². The average Bonchev–Trinajstić information content (AvgIpc) is 2.54. The number of anilines is 1. The lowest BCUT2D eigenvalue weighted by atomic mass is 9.98. The zero-order valence-corrected chi connectivity index (χ0v) is 13.8. The van der Waals surface area contributed by atoms with Crippen molar-refractivity contribution in [3.05, 3.63) is 41.9 Å². The van der Waals surface area contributed by atoms with Crippen molar-refractivity contribution in [2.45, 2.75) is 19.4 Å². The molecule has 2 aromatic heterocycles. The Morgan fingerprint density at radius 2 is 2.29 bits per heavy atom. The molecule has 0 aliphatic carbocycles. The molecule has 0 saturated carbocycles. The maximum Gasteiger partial charge on any atom is 0.274 e. The molecule has 0 spiro atoms. The minimum absolute atomic E-state index is 0.0517. The summed E-state index contributed by atoms with van der Waals surface area (Å²) in [6, 6.07) is 1.84. The van der Waals surface area contributed by atoms with Gasteiger partial charge >= 0.3 is 0 Å². The van der Waals surface area contributed by atoms with E-state index in [1.807, 2.05) is 13.0 Å². The molecule has 1 unspecified atom stereocenters. The Labute approximate surface area is 140 Å². The van der Waals surface area contributed by atoms with Crippen LogP contribution in [0.15, 0.2) is 24.7 Å². The first-order valence-corrected chi connectivity index (χ1v) is 7.84. The number of carbonyl (C=O) groups excluding carboxylic acids is 1. The number of aryl methyl sites for hydroxylation is 1. The fraction of sp³-hybridized carbons (Fsp3) is 0.438. The summed E-state index contributed by atoms with van der Waals surface area (Å²) in [6.07, 6.45) is 5.44. The number of hydrogen-bond acceptors (Lipinski definition) is 7. The average molecular weight is 328 g/mol. The summed E-state index contributed by atoms with van der Waals surface area (Å²) in [5.41, 5.74) is 1.19. The summed E-state index contributed by atoms with van der Waals surface area (Å²) in [6.45, 7) is 3.80. The molecule has 1 aliphatic rings. The van der Waals surface area contributed by atoms with Crippen LogP contribution in [0.25, 0.3) is 0 Å². The van der Waals surface area contributed by atoms with Crippen molar-refractivity contribution >= 4 is 11.7 Å². The zero-order valence-electron chi connectivity index (χ0n) is 13.8. The topological polar surface area (TPSA) is 93.1 Å². The smallest absolute Gasteiger partial charge is 0.274 e.